The number of nitrogens with one attached hydrogen (secondary N) is 1. The molecule has 1 N–H and O–H groups in total. The Hall–Kier alpha value is -5.69. The Kier molecular flexibility index (Phi) is 8.54. The van der Waals surface area contributed by atoms with Gasteiger partial charge in [0.25, 0.3) is 17.7 Å². The maximum Gasteiger partial charge on any atom is 0.264 e. The SMILES string of the molecule is CC1(C)[C@H](Oc2ccc(C#N)c(Cl)c2)C(C)(C)[C@H]1N1Cc2cc(C#CC3CN(C4CN(c5cccc6c5C(=O)N(C5CCC(=O)NC5=O)C6=O)C4)C3)ccc2C1=O. The van der Waals surface area contributed by atoms with Gasteiger partial charge in [-0.2, -0.15) is 5.26 Å². The van der Waals surface area contributed by atoms with Crippen molar-refractivity contribution in [2.75, 3.05) is 31.1 Å². The molecule has 1 atom stereocenters. The van der Waals surface area contributed by atoms with Crippen LogP contribution in [0.5, 0.6) is 5.75 Å². The van der Waals surface area contributed by atoms with Crippen molar-refractivity contribution in [3.05, 3.63) is 93.0 Å². The Bertz CT molecular complexity index is 2400. The van der Waals surface area contributed by atoms with Crippen LogP contribution in [0.15, 0.2) is 54.6 Å². The maximum atomic E-state index is 13.8. The number of carbonyl (C=O) groups excluding carboxylic acids is 5. The van der Waals surface area contributed by atoms with Crippen molar-refractivity contribution in [1.82, 2.24) is 20.0 Å². The van der Waals surface area contributed by atoms with E-state index in [0.717, 1.165) is 29.1 Å². The van der Waals surface area contributed by atoms with Crippen molar-refractivity contribution < 1.29 is 28.7 Å². The Morgan fingerprint density at radius 1 is 0.877 bits per heavy atom. The molecular formula is C44H41ClN6O6. The number of hydrogen-bond acceptors (Lipinski definition) is 9. The van der Waals surface area contributed by atoms with Crippen molar-refractivity contribution in [3.63, 3.8) is 0 Å². The zero-order chi connectivity index (χ0) is 40.1. The summed E-state index contributed by atoms with van der Waals surface area (Å²) in [7, 11) is 0. The largest absolute Gasteiger partial charge is 0.489 e. The summed E-state index contributed by atoms with van der Waals surface area (Å²) in [6.07, 6.45) is 0.0123. The molecule has 290 valence electrons. The number of halogens is 1. The van der Waals surface area contributed by atoms with Gasteiger partial charge in [-0.15, -0.1) is 0 Å². The Morgan fingerprint density at radius 3 is 2.33 bits per heavy atom. The molecule has 1 saturated carbocycles. The Morgan fingerprint density at radius 2 is 1.63 bits per heavy atom. The predicted octanol–water partition coefficient (Wildman–Crippen LogP) is 4.62. The summed E-state index contributed by atoms with van der Waals surface area (Å²) in [6, 6.07) is 17.5. The number of nitrogens with zero attached hydrogens (tertiary/aromatic N) is 5. The van der Waals surface area contributed by atoms with Gasteiger partial charge in [0.05, 0.1) is 27.4 Å². The number of nitriles is 1. The van der Waals surface area contributed by atoms with Gasteiger partial charge in [-0.3, -0.25) is 39.1 Å². The highest BCUT2D eigenvalue weighted by Crippen LogP contribution is 2.59. The van der Waals surface area contributed by atoms with Crippen LogP contribution in [0.1, 0.15) is 88.3 Å². The van der Waals surface area contributed by atoms with Gasteiger partial charge >= 0.3 is 0 Å². The highest BCUT2D eigenvalue weighted by atomic mass is 35.5. The number of rotatable bonds is 6. The standard InChI is InChI=1S/C44H41ClN6O6/c1-43(2)41(44(3,4)42(43)57-29-12-11-26(18-46)32(45)17-29)50-21-27-16-24(10-13-30(27)38(50)54)8-9-25-19-48(20-25)28-22-49(23-28)33-7-5-6-31-36(33)40(56)51(39(31)55)34-14-15-35(52)47-37(34)53/h5-7,10-13,16-17,25,28,34,41-42H,14-15,19-23H2,1-4H3,(H,47,52,53)/t34?,41-,42-. The molecule has 9 rings (SSSR count). The number of hydrogen-bond donors (Lipinski definition) is 1. The van der Waals surface area contributed by atoms with Gasteiger partial charge in [-0.05, 0) is 54.4 Å². The van der Waals surface area contributed by atoms with E-state index in [9.17, 15) is 29.2 Å². The Labute approximate surface area is 335 Å². The van der Waals surface area contributed by atoms with Crippen LogP contribution in [0.4, 0.5) is 5.69 Å². The molecule has 6 aliphatic rings. The number of imide groups is 2. The van der Waals surface area contributed by atoms with Crippen LogP contribution >= 0.6 is 11.6 Å². The predicted molar refractivity (Wildman–Crippen MR) is 209 cm³/mol. The van der Waals surface area contributed by atoms with Gasteiger partial charge < -0.3 is 14.5 Å². The van der Waals surface area contributed by atoms with E-state index < -0.39 is 29.7 Å². The van der Waals surface area contributed by atoms with Gasteiger partial charge in [-0.25, -0.2) is 0 Å². The van der Waals surface area contributed by atoms with Crippen molar-refractivity contribution >= 4 is 46.8 Å². The van der Waals surface area contributed by atoms with Crippen LogP contribution in [0.2, 0.25) is 5.02 Å². The molecule has 4 fully saturated rings. The van der Waals surface area contributed by atoms with Crippen molar-refractivity contribution in [2.24, 2.45) is 16.7 Å². The topological polar surface area (TPSA) is 143 Å². The molecule has 5 aliphatic heterocycles. The molecule has 0 aromatic heterocycles. The number of ether oxygens (including phenoxy) is 1. The summed E-state index contributed by atoms with van der Waals surface area (Å²) in [6.45, 7) is 12.1. The zero-order valence-electron chi connectivity index (χ0n) is 32.1. The van der Waals surface area contributed by atoms with Crippen LogP contribution in [0.25, 0.3) is 0 Å². The first-order chi connectivity index (χ1) is 27.2. The van der Waals surface area contributed by atoms with E-state index in [4.69, 9.17) is 16.3 Å². The minimum atomic E-state index is -0.995. The monoisotopic (exact) mass is 784 g/mol. The fraction of sp³-hybridized carbons (Fsp3) is 0.409. The summed E-state index contributed by atoms with van der Waals surface area (Å²) < 4.78 is 6.46. The van der Waals surface area contributed by atoms with E-state index in [0.29, 0.717) is 58.8 Å². The summed E-state index contributed by atoms with van der Waals surface area (Å²) >= 11 is 6.28. The molecular weight excluding hydrogens is 744 g/mol. The zero-order valence-corrected chi connectivity index (χ0v) is 32.9. The second-order valence-electron chi connectivity index (χ2n) is 17.2. The van der Waals surface area contributed by atoms with Gasteiger partial charge in [0.15, 0.2) is 0 Å². The summed E-state index contributed by atoms with van der Waals surface area (Å²) in [5, 5.41) is 11.8. The van der Waals surface area contributed by atoms with Crippen LogP contribution in [-0.4, -0.2) is 94.6 Å². The quantitative estimate of drug-likeness (QED) is 0.280. The number of anilines is 1. The smallest absolute Gasteiger partial charge is 0.264 e. The number of amides is 5. The molecule has 3 saturated heterocycles. The second kappa shape index (κ2) is 13.2. The van der Waals surface area contributed by atoms with Crippen molar-refractivity contribution in [1.29, 1.82) is 5.26 Å². The van der Waals surface area contributed by atoms with E-state index >= 15 is 0 Å². The molecule has 0 spiro atoms. The molecule has 3 aromatic rings. The van der Waals surface area contributed by atoms with E-state index in [-0.39, 0.29) is 53.2 Å². The normalized spacial score (nSPS) is 25.1. The van der Waals surface area contributed by atoms with Gasteiger partial charge in [0, 0.05) is 85.2 Å². The molecule has 1 unspecified atom stereocenters. The third kappa shape index (κ3) is 5.80. The molecule has 0 radical (unpaired) electrons. The minimum absolute atomic E-state index is 0.0165. The van der Waals surface area contributed by atoms with E-state index in [1.54, 1.807) is 30.3 Å². The molecule has 1 aliphatic carbocycles. The lowest BCUT2D eigenvalue weighted by Crippen LogP contribution is -2.74. The summed E-state index contributed by atoms with van der Waals surface area (Å²) in [5.41, 5.74) is 3.54. The summed E-state index contributed by atoms with van der Waals surface area (Å²) in [5.74, 6) is 5.61. The minimum Gasteiger partial charge on any atom is -0.489 e. The third-order valence-electron chi connectivity index (χ3n) is 12.8. The number of fused-ring (bicyclic) bond motifs is 2. The number of benzene rings is 3. The average Bonchev–Trinajstić information content (AvgIpc) is 3.57. The van der Waals surface area contributed by atoms with Gasteiger partial charge in [-0.1, -0.05) is 57.2 Å². The van der Waals surface area contributed by atoms with Crippen LogP contribution in [-0.2, 0) is 16.1 Å². The van der Waals surface area contributed by atoms with Crippen molar-refractivity contribution in [3.8, 4) is 23.7 Å². The van der Waals surface area contributed by atoms with Crippen LogP contribution in [0.3, 0.4) is 0 Å². The Balaban J connectivity index is 0.799. The van der Waals surface area contributed by atoms with Crippen LogP contribution < -0.4 is 15.0 Å². The lowest BCUT2D eigenvalue weighted by atomic mass is 9.49. The second-order valence-corrected chi connectivity index (χ2v) is 17.6. The average molecular weight is 785 g/mol. The van der Waals surface area contributed by atoms with Crippen molar-refractivity contribution in [2.45, 2.75) is 71.3 Å². The first-order valence-electron chi connectivity index (χ1n) is 19.3. The van der Waals surface area contributed by atoms with E-state index in [1.807, 2.05) is 29.2 Å². The van der Waals surface area contributed by atoms with Crippen LogP contribution in [0, 0.1) is 39.9 Å². The highest BCUT2D eigenvalue weighted by molar-refractivity contribution is 6.31. The summed E-state index contributed by atoms with van der Waals surface area (Å²) in [4.78, 5) is 72.3. The van der Waals surface area contributed by atoms with E-state index in [1.165, 1.54) is 0 Å². The molecule has 3 aromatic carbocycles. The lowest BCUT2D eigenvalue weighted by Gasteiger charge is -2.65. The van der Waals surface area contributed by atoms with Gasteiger partial charge in [0.2, 0.25) is 11.8 Å². The fourth-order valence-corrected chi connectivity index (χ4v) is 10.6. The molecule has 5 heterocycles. The number of piperidine rings is 1. The highest BCUT2D eigenvalue weighted by Gasteiger charge is 2.67. The van der Waals surface area contributed by atoms with Gasteiger partial charge in [0.1, 0.15) is 24.0 Å². The molecule has 57 heavy (non-hydrogen) atoms. The number of likely N-dealkylation sites (tertiary alicyclic amines) is 1. The first-order valence-corrected chi connectivity index (χ1v) is 19.7. The fourth-order valence-electron chi connectivity index (χ4n) is 10.4. The van der Waals surface area contributed by atoms with E-state index in [2.05, 4.69) is 60.7 Å². The lowest BCUT2D eigenvalue weighted by molar-refractivity contribution is -0.199. The number of carbonyl (C=O) groups is 5. The molecule has 13 heteroatoms. The molecule has 0 bridgehead atoms. The molecule has 12 nitrogen and oxygen atoms in total. The third-order valence-corrected chi connectivity index (χ3v) is 13.1. The first kappa shape index (κ1) is 36.9. The maximum absolute atomic E-state index is 13.8. The molecule has 5 amide bonds.